The molecule has 0 unspecified atom stereocenters. The van der Waals surface area contributed by atoms with E-state index < -0.39 is 17.8 Å². The molecule has 1 heterocycles. The van der Waals surface area contributed by atoms with E-state index in [1.165, 1.54) is 6.07 Å². The Balaban J connectivity index is 2.18. The van der Waals surface area contributed by atoms with E-state index in [1.807, 2.05) is 0 Å². The number of carbonyl (C=O) groups is 1. The SMILES string of the molecule is Nc1cccc(C(=O)Nc2ccc(C(F)(F)F)nc2)c1Br. The summed E-state index contributed by atoms with van der Waals surface area (Å²) in [6, 6.07) is 6.67. The minimum atomic E-state index is -4.51. The van der Waals surface area contributed by atoms with Crippen LogP contribution in [-0.4, -0.2) is 10.9 Å². The van der Waals surface area contributed by atoms with Gasteiger partial charge in [-0.1, -0.05) is 6.07 Å². The fourth-order valence-corrected chi connectivity index (χ4v) is 2.00. The van der Waals surface area contributed by atoms with E-state index in [2.05, 4.69) is 26.2 Å². The van der Waals surface area contributed by atoms with Crippen molar-refractivity contribution in [3.05, 3.63) is 52.3 Å². The van der Waals surface area contributed by atoms with Crippen molar-refractivity contribution in [2.45, 2.75) is 6.18 Å². The zero-order chi connectivity index (χ0) is 15.6. The summed E-state index contributed by atoms with van der Waals surface area (Å²) in [6.07, 6.45) is -3.57. The highest BCUT2D eigenvalue weighted by Gasteiger charge is 2.32. The molecule has 0 fully saturated rings. The first-order chi connectivity index (χ1) is 9.79. The Hall–Kier alpha value is -2.09. The Morgan fingerprint density at radius 3 is 2.52 bits per heavy atom. The first-order valence-corrected chi connectivity index (χ1v) is 6.47. The number of aromatic nitrogens is 1. The number of halogens is 4. The molecular weight excluding hydrogens is 351 g/mol. The largest absolute Gasteiger partial charge is 0.433 e. The number of pyridine rings is 1. The van der Waals surface area contributed by atoms with Crippen molar-refractivity contribution >= 4 is 33.2 Å². The molecule has 0 saturated heterocycles. The summed E-state index contributed by atoms with van der Waals surface area (Å²) < 4.78 is 37.5. The molecule has 21 heavy (non-hydrogen) atoms. The molecule has 0 atom stereocenters. The van der Waals surface area contributed by atoms with Crippen molar-refractivity contribution in [1.29, 1.82) is 0 Å². The molecule has 0 aliphatic rings. The Morgan fingerprint density at radius 2 is 1.95 bits per heavy atom. The number of nitrogens with zero attached hydrogens (tertiary/aromatic N) is 1. The molecule has 0 saturated carbocycles. The van der Waals surface area contributed by atoms with Crippen LogP contribution in [-0.2, 0) is 6.18 Å². The molecule has 2 aromatic rings. The average molecular weight is 360 g/mol. The molecule has 8 heteroatoms. The predicted octanol–water partition coefficient (Wildman–Crippen LogP) is 3.70. The summed E-state index contributed by atoms with van der Waals surface area (Å²) in [5, 5.41) is 2.45. The first-order valence-electron chi connectivity index (χ1n) is 5.67. The molecule has 1 aromatic heterocycles. The lowest BCUT2D eigenvalue weighted by Crippen LogP contribution is -2.14. The number of carbonyl (C=O) groups excluding carboxylic acids is 1. The van der Waals surface area contributed by atoms with Gasteiger partial charge in [-0.05, 0) is 40.2 Å². The van der Waals surface area contributed by atoms with Gasteiger partial charge in [0.1, 0.15) is 5.69 Å². The van der Waals surface area contributed by atoms with Crippen LogP contribution in [0, 0.1) is 0 Å². The van der Waals surface area contributed by atoms with Crippen LogP contribution >= 0.6 is 15.9 Å². The van der Waals surface area contributed by atoms with Crippen molar-refractivity contribution in [2.24, 2.45) is 0 Å². The second-order valence-corrected chi connectivity index (χ2v) is 4.89. The maximum absolute atomic E-state index is 12.4. The van der Waals surface area contributed by atoms with Crippen LogP contribution in [0.2, 0.25) is 0 Å². The summed E-state index contributed by atoms with van der Waals surface area (Å²) in [7, 11) is 0. The van der Waals surface area contributed by atoms with Crippen molar-refractivity contribution in [2.75, 3.05) is 11.1 Å². The molecule has 0 aliphatic heterocycles. The van der Waals surface area contributed by atoms with Gasteiger partial charge in [-0.2, -0.15) is 13.2 Å². The fourth-order valence-electron chi connectivity index (χ4n) is 1.56. The van der Waals surface area contributed by atoms with Gasteiger partial charge in [0.2, 0.25) is 0 Å². The standard InChI is InChI=1S/C13H9BrF3N3O/c14-11-8(2-1-3-9(11)18)12(21)20-7-4-5-10(19-6-7)13(15,16)17/h1-6H,18H2,(H,20,21). The molecule has 2 rings (SSSR count). The number of nitrogen functional groups attached to an aromatic ring is 1. The highest BCUT2D eigenvalue weighted by molar-refractivity contribution is 9.10. The van der Waals surface area contributed by atoms with E-state index in [-0.39, 0.29) is 11.3 Å². The van der Waals surface area contributed by atoms with Crippen molar-refractivity contribution in [3.63, 3.8) is 0 Å². The third-order valence-corrected chi connectivity index (χ3v) is 3.47. The first kappa shape index (κ1) is 15.3. The quantitative estimate of drug-likeness (QED) is 0.803. The van der Waals surface area contributed by atoms with Crippen molar-refractivity contribution < 1.29 is 18.0 Å². The van der Waals surface area contributed by atoms with Crippen LogP contribution in [0.15, 0.2) is 41.0 Å². The lowest BCUT2D eigenvalue weighted by molar-refractivity contribution is -0.141. The van der Waals surface area contributed by atoms with Gasteiger partial charge in [0.25, 0.3) is 5.91 Å². The predicted molar refractivity (Wildman–Crippen MR) is 75.7 cm³/mol. The number of hydrogen-bond donors (Lipinski definition) is 2. The number of alkyl halides is 3. The monoisotopic (exact) mass is 359 g/mol. The third-order valence-electron chi connectivity index (χ3n) is 2.59. The zero-order valence-corrected chi connectivity index (χ0v) is 12.0. The Labute approximate surface area is 126 Å². The summed E-state index contributed by atoms with van der Waals surface area (Å²) in [5.41, 5.74) is 5.44. The second kappa shape index (κ2) is 5.72. The van der Waals surface area contributed by atoms with Crippen LogP contribution < -0.4 is 11.1 Å². The van der Waals surface area contributed by atoms with E-state index in [1.54, 1.807) is 12.1 Å². The number of anilines is 2. The molecule has 1 aromatic carbocycles. The maximum atomic E-state index is 12.4. The molecule has 0 spiro atoms. The zero-order valence-electron chi connectivity index (χ0n) is 10.4. The van der Waals surface area contributed by atoms with Gasteiger partial charge >= 0.3 is 6.18 Å². The second-order valence-electron chi connectivity index (χ2n) is 4.09. The number of hydrogen-bond acceptors (Lipinski definition) is 3. The number of nitrogens with two attached hydrogens (primary N) is 1. The Morgan fingerprint density at radius 1 is 1.24 bits per heavy atom. The maximum Gasteiger partial charge on any atom is 0.433 e. The molecule has 3 N–H and O–H groups in total. The number of rotatable bonds is 2. The lowest BCUT2D eigenvalue weighted by Gasteiger charge is -2.09. The number of amides is 1. The van der Waals surface area contributed by atoms with Gasteiger partial charge in [-0.25, -0.2) is 4.98 Å². The van der Waals surface area contributed by atoms with Crippen LogP contribution in [0.25, 0.3) is 0 Å². The van der Waals surface area contributed by atoms with Gasteiger partial charge in [0, 0.05) is 5.69 Å². The molecular formula is C13H9BrF3N3O. The van der Waals surface area contributed by atoms with Crippen LogP contribution in [0.4, 0.5) is 24.5 Å². The smallest absolute Gasteiger partial charge is 0.398 e. The molecule has 4 nitrogen and oxygen atoms in total. The van der Waals surface area contributed by atoms with Gasteiger partial charge in [0.05, 0.1) is 21.9 Å². The van der Waals surface area contributed by atoms with E-state index in [9.17, 15) is 18.0 Å². The molecule has 1 amide bonds. The molecule has 110 valence electrons. The Bertz CT molecular complexity index is 671. The summed E-state index contributed by atoms with van der Waals surface area (Å²) in [6.45, 7) is 0. The van der Waals surface area contributed by atoms with E-state index in [4.69, 9.17) is 5.73 Å². The number of nitrogens with one attached hydrogen (secondary N) is 1. The van der Waals surface area contributed by atoms with Crippen LogP contribution in [0.5, 0.6) is 0 Å². The van der Waals surface area contributed by atoms with Crippen molar-refractivity contribution in [3.8, 4) is 0 Å². The molecule has 0 aliphatic carbocycles. The summed E-state index contributed by atoms with van der Waals surface area (Å²) in [5.74, 6) is -0.504. The highest BCUT2D eigenvalue weighted by atomic mass is 79.9. The average Bonchev–Trinajstić information content (AvgIpc) is 2.41. The molecule has 0 bridgehead atoms. The summed E-state index contributed by atoms with van der Waals surface area (Å²) >= 11 is 3.18. The topological polar surface area (TPSA) is 68.0 Å². The van der Waals surface area contributed by atoms with Crippen LogP contribution in [0.1, 0.15) is 16.1 Å². The third kappa shape index (κ3) is 3.52. The lowest BCUT2D eigenvalue weighted by atomic mass is 10.2. The van der Waals surface area contributed by atoms with E-state index in [0.29, 0.717) is 10.2 Å². The van der Waals surface area contributed by atoms with Gasteiger partial charge in [0.15, 0.2) is 0 Å². The van der Waals surface area contributed by atoms with Gasteiger partial charge in [-0.15, -0.1) is 0 Å². The fraction of sp³-hybridized carbons (Fsp3) is 0.0769. The molecule has 0 radical (unpaired) electrons. The minimum Gasteiger partial charge on any atom is -0.398 e. The van der Waals surface area contributed by atoms with Gasteiger partial charge in [-0.3, -0.25) is 4.79 Å². The van der Waals surface area contributed by atoms with Gasteiger partial charge < -0.3 is 11.1 Å². The normalized spacial score (nSPS) is 11.2. The number of benzene rings is 1. The van der Waals surface area contributed by atoms with Crippen LogP contribution in [0.3, 0.4) is 0 Å². The summed E-state index contributed by atoms with van der Waals surface area (Å²) in [4.78, 5) is 15.3. The highest BCUT2D eigenvalue weighted by Crippen LogP contribution is 2.28. The Kier molecular flexibility index (Phi) is 4.17. The minimum absolute atomic E-state index is 0.155. The van der Waals surface area contributed by atoms with E-state index >= 15 is 0 Å². The van der Waals surface area contributed by atoms with E-state index in [0.717, 1.165) is 18.3 Å². The van der Waals surface area contributed by atoms with Crippen molar-refractivity contribution in [1.82, 2.24) is 4.98 Å².